The first kappa shape index (κ1) is 9.89. The minimum atomic E-state index is 0.749. The molecule has 5 heteroatoms. The van der Waals surface area contributed by atoms with Gasteiger partial charge in [-0.25, -0.2) is 0 Å². The largest absolute Gasteiger partial charge is 0.398 e. The minimum Gasteiger partial charge on any atom is -0.398 e. The third-order valence-corrected chi connectivity index (χ3v) is 2.93. The van der Waals surface area contributed by atoms with Crippen molar-refractivity contribution in [1.29, 1.82) is 0 Å². The van der Waals surface area contributed by atoms with Gasteiger partial charge in [-0.3, -0.25) is 9.36 Å². The van der Waals surface area contributed by atoms with E-state index in [0.717, 1.165) is 27.7 Å². The Morgan fingerprint density at radius 2 is 1.94 bits per heavy atom. The van der Waals surface area contributed by atoms with Crippen LogP contribution in [0.25, 0.3) is 22.0 Å². The van der Waals surface area contributed by atoms with Gasteiger partial charge in [0.2, 0.25) is 0 Å². The van der Waals surface area contributed by atoms with Crippen LogP contribution >= 0.6 is 0 Å². The van der Waals surface area contributed by atoms with Gasteiger partial charge in [-0.05, 0) is 12.1 Å². The Labute approximate surface area is 98.5 Å². The molecule has 0 saturated carbocycles. The van der Waals surface area contributed by atoms with E-state index in [9.17, 15) is 0 Å². The molecule has 3 rings (SSSR count). The van der Waals surface area contributed by atoms with Crippen molar-refractivity contribution in [3.05, 3.63) is 30.7 Å². The molecule has 0 unspecified atom stereocenters. The molecule has 0 saturated heterocycles. The van der Waals surface area contributed by atoms with E-state index in [1.165, 1.54) is 0 Å². The molecule has 0 bridgehead atoms. The fourth-order valence-electron chi connectivity index (χ4n) is 2.03. The zero-order valence-corrected chi connectivity index (χ0v) is 9.75. The second-order valence-corrected chi connectivity index (χ2v) is 4.17. The average molecular weight is 227 g/mol. The van der Waals surface area contributed by atoms with Crippen molar-refractivity contribution in [2.24, 2.45) is 14.1 Å². The molecule has 0 fully saturated rings. The molecule has 0 aliphatic carbocycles. The van der Waals surface area contributed by atoms with Crippen molar-refractivity contribution < 1.29 is 0 Å². The van der Waals surface area contributed by atoms with Gasteiger partial charge in [-0.1, -0.05) is 0 Å². The number of nitrogens with two attached hydrogens (primary N) is 1. The lowest BCUT2D eigenvalue weighted by Crippen LogP contribution is -1.92. The molecule has 0 atom stereocenters. The molecule has 0 spiro atoms. The van der Waals surface area contributed by atoms with Gasteiger partial charge in [-0.15, -0.1) is 0 Å². The first-order valence-electron chi connectivity index (χ1n) is 5.35. The first-order valence-corrected chi connectivity index (χ1v) is 5.35. The number of aromatic nitrogens is 4. The monoisotopic (exact) mass is 227 g/mol. The summed E-state index contributed by atoms with van der Waals surface area (Å²) in [4.78, 5) is 0. The van der Waals surface area contributed by atoms with Gasteiger partial charge in [0, 0.05) is 42.5 Å². The molecule has 2 N–H and O–H groups in total. The van der Waals surface area contributed by atoms with Crippen LogP contribution in [0.3, 0.4) is 0 Å². The third kappa shape index (κ3) is 1.47. The number of benzene rings is 1. The summed E-state index contributed by atoms with van der Waals surface area (Å²) in [6, 6.07) is 4.00. The quantitative estimate of drug-likeness (QED) is 0.642. The van der Waals surface area contributed by atoms with Gasteiger partial charge in [-0.2, -0.15) is 10.2 Å². The van der Waals surface area contributed by atoms with Crippen LogP contribution in [0, 0.1) is 0 Å². The van der Waals surface area contributed by atoms with Crippen LogP contribution in [-0.4, -0.2) is 19.6 Å². The van der Waals surface area contributed by atoms with E-state index in [1.54, 1.807) is 4.68 Å². The molecule has 2 aromatic heterocycles. The molecule has 1 aromatic carbocycles. The average Bonchev–Trinajstić information content (AvgIpc) is 2.85. The highest BCUT2D eigenvalue weighted by Crippen LogP contribution is 2.29. The molecule has 0 aliphatic heterocycles. The Morgan fingerprint density at radius 3 is 2.65 bits per heavy atom. The summed E-state index contributed by atoms with van der Waals surface area (Å²) in [6.45, 7) is 0. The predicted molar refractivity (Wildman–Crippen MR) is 67.3 cm³/mol. The van der Waals surface area contributed by atoms with E-state index in [0.29, 0.717) is 0 Å². The highest BCUT2D eigenvalue weighted by molar-refractivity contribution is 5.91. The standard InChI is InChI=1S/C12H13N5/c1-16-7-9(6-14-16)10-4-12-8(3-11(10)13)5-15-17(12)2/h3-7H,13H2,1-2H3. The summed E-state index contributed by atoms with van der Waals surface area (Å²) in [6.07, 6.45) is 5.58. The molecule has 3 aromatic rings. The molecular weight excluding hydrogens is 214 g/mol. The Kier molecular flexibility index (Phi) is 1.95. The van der Waals surface area contributed by atoms with Gasteiger partial charge < -0.3 is 5.73 Å². The molecule has 5 nitrogen and oxygen atoms in total. The summed E-state index contributed by atoms with van der Waals surface area (Å²) in [5.41, 5.74) is 9.90. The van der Waals surface area contributed by atoms with Gasteiger partial charge in [0.05, 0.1) is 17.9 Å². The molecule has 0 radical (unpaired) electrons. The van der Waals surface area contributed by atoms with Crippen LogP contribution < -0.4 is 5.73 Å². The summed E-state index contributed by atoms with van der Waals surface area (Å²) >= 11 is 0. The van der Waals surface area contributed by atoms with Crippen molar-refractivity contribution >= 4 is 16.6 Å². The normalized spacial score (nSPS) is 11.2. The molecule has 0 aliphatic rings. The fourth-order valence-corrected chi connectivity index (χ4v) is 2.03. The van der Waals surface area contributed by atoms with Gasteiger partial charge >= 0.3 is 0 Å². The summed E-state index contributed by atoms with van der Waals surface area (Å²) in [5, 5.41) is 9.43. The topological polar surface area (TPSA) is 61.7 Å². The van der Waals surface area contributed by atoms with Gasteiger partial charge in [0.1, 0.15) is 0 Å². The Morgan fingerprint density at radius 1 is 1.12 bits per heavy atom. The number of anilines is 1. The minimum absolute atomic E-state index is 0.749. The summed E-state index contributed by atoms with van der Waals surface area (Å²) in [5.74, 6) is 0. The zero-order valence-electron chi connectivity index (χ0n) is 9.75. The SMILES string of the molecule is Cn1cc(-c2cc3c(cnn3C)cc2N)cn1. The summed E-state index contributed by atoms with van der Waals surface area (Å²) in [7, 11) is 3.81. The Hall–Kier alpha value is -2.30. The van der Waals surface area contributed by atoms with E-state index in [-0.39, 0.29) is 0 Å². The number of hydrogen-bond donors (Lipinski definition) is 1. The van der Waals surface area contributed by atoms with Crippen LogP contribution in [0.1, 0.15) is 0 Å². The predicted octanol–water partition coefficient (Wildman–Crippen LogP) is 1.56. The highest BCUT2D eigenvalue weighted by atomic mass is 15.2. The number of rotatable bonds is 1. The number of nitrogens with zero attached hydrogens (tertiary/aromatic N) is 4. The lowest BCUT2D eigenvalue weighted by atomic mass is 10.1. The van der Waals surface area contributed by atoms with Crippen LogP contribution in [0.4, 0.5) is 5.69 Å². The molecule has 17 heavy (non-hydrogen) atoms. The van der Waals surface area contributed by atoms with Crippen LogP contribution in [0.15, 0.2) is 30.7 Å². The van der Waals surface area contributed by atoms with Crippen molar-refractivity contribution in [3.63, 3.8) is 0 Å². The second-order valence-electron chi connectivity index (χ2n) is 4.17. The molecule has 86 valence electrons. The second kappa shape index (κ2) is 3.35. The van der Waals surface area contributed by atoms with Crippen molar-refractivity contribution in [1.82, 2.24) is 19.6 Å². The zero-order chi connectivity index (χ0) is 12.0. The van der Waals surface area contributed by atoms with Crippen molar-refractivity contribution in [3.8, 4) is 11.1 Å². The van der Waals surface area contributed by atoms with Crippen molar-refractivity contribution in [2.45, 2.75) is 0 Å². The maximum atomic E-state index is 6.06. The fraction of sp³-hybridized carbons (Fsp3) is 0.167. The first-order chi connectivity index (χ1) is 8.15. The highest BCUT2D eigenvalue weighted by Gasteiger charge is 2.08. The lowest BCUT2D eigenvalue weighted by Gasteiger charge is -2.04. The van der Waals surface area contributed by atoms with E-state index in [1.807, 2.05) is 43.4 Å². The number of nitrogen functional groups attached to an aromatic ring is 1. The smallest absolute Gasteiger partial charge is 0.0686 e. The van der Waals surface area contributed by atoms with Gasteiger partial charge in [0.25, 0.3) is 0 Å². The summed E-state index contributed by atoms with van der Waals surface area (Å²) < 4.78 is 3.61. The van der Waals surface area contributed by atoms with Crippen LogP contribution in [0.2, 0.25) is 0 Å². The van der Waals surface area contributed by atoms with Gasteiger partial charge in [0.15, 0.2) is 0 Å². The van der Waals surface area contributed by atoms with E-state index in [2.05, 4.69) is 16.3 Å². The van der Waals surface area contributed by atoms with Crippen LogP contribution in [-0.2, 0) is 14.1 Å². The number of hydrogen-bond acceptors (Lipinski definition) is 3. The maximum absolute atomic E-state index is 6.06. The van der Waals surface area contributed by atoms with Crippen molar-refractivity contribution in [2.75, 3.05) is 5.73 Å². The number of fused-ring (bicyclic) bond motifs is 1. The van der Waals surface area contributed by atoms with Crippen LogP contribution in [0.5, 0.6) is 0 Å². The number of aryl methyl sites for hydroxylation is 2. The molecule has 2 heterocycles. The molecular formula is C12H13N5. The van der Waals surface area contributed by atoms with E-state index in [4.69, 9.17) is 5.73 Å². The third-order valence-electron chi connectivity index (χ3n) is 2.93. The molecule has 0 amide bonds. The Balaban J connectivity index is 2.28. The maximum Gasteiger partial charge on any atom is 0.0686 e. The van der Waals surface area contributed by atoms with E-state index >= 15 is 0 Å². The lowest BCUT2D eigenvalue weighted by molar-refractivity contribution is 0.768. The Bertz CT molecular complexity index is 692. The van der Waals surface area contributed by atoms with E-state index < -0.39 is 0 Å².